The lowest BCUT2D eigenvalue weighted by Crippen LogP contribution is -2.49. The minimum absolute atomic E-state index is 0.397. The monoisotopic (exact) mass is 702 g/mol. The number of nitrogens with one attached hydrogen (secondary N) is 1. The van der Waals surface area contributed by atoms with Gasteiger partial charge in [-0.1, -0.05) is 26.0 Å². The molecule has 8 nitrogen and oxygen atoms in total. The molecule has 6 heterocycles. The van der Waals surface area contributed by atoms with E-state index in [9.17, 15) is 8.78 Å². The molecule has 3 aliphatic rings. The summed E-state index contributed by atoms with van der Waals surface area (Å²) in [6.07, 6.45) is 10.2. The zero-order valence-corrected chi connectivity index (χ0v) is 30.3. The number of aryl methyl sites for hydroxylation is 3. The van der Waals surface area contributed by atoms with E-state index in [0.29, 0.717) is 18.3 Å². The van der Waals surface area contributed by atoms with E-state index in [1.165, 1.54) is 29.2 Å². The minimum atomic E-state index is -0.505. The molecule has 0 radical (unpaired) electrons. The van der Waals surface area contributed by atoms with Crippen molar-refractivity contribution in [2.45, 2.75) is 64.8 Å². The highest BCUT2D eigenvalue weighted by molar-refractivity contribution is 5.85. The lowest BCUT2D eigenvalue weighted by molar-refractivity contribution is 0.122. The third kappa shape index (κ3) is 6.95. The second-order valence-electron chi connectivity index (χ2n) is 15.0. The Hall–Kier alpha value is -4.99. The Morgan fingerprint density at radius 2 is 1.69 bits per heavy atom. The Bertz CT molecular complexity index is 2110. The zero-order chi connectivity index (χ0) is 35.9. The van der Waals surface area contributed by atoms with Crippen molar-refractivity contribution in [3.8, 4) is 11.3 Å². The molecule has 0 saturated carbocycles. The molecule has 0 unspecified atom stereocenters. The van der Waals surface area contributed by atoms with E-state index in [0.717, 1.165) is 134 Å². The molecule has 2 aromatic carbocycles. The Labute approximate surface area is 304 Å². The number of rotatable bonds is 5. The lowest BCUT2D eigenvalue weighted by Gasteiger charge is -2.46. The highest BCUT2D eigenvalue weighted by atomic mass is 19.1. The summed E-state index contributed by atoms with van der Waals surface area (Å²) in [5, 5.41) is 8.17. The first kappa shape index (κ1) is 34.1. The molecule has 270 valence electrons. The number of allylic oxidation sites excluding steroid dienone is 1. The van der Waals surface area contributed by atoms with E-state index < -0.39 is 11.6 Å². The van der Waals surface area contributed by atoms with Crippen LogP contribution >= 0.6 is 0 Å². The van der Waals surface area contributed by atoms with Gasteiger partial charge in [-0.3, -0.25) is 9.67 Å². The van der Waals surface area contributed by atoms with Crippen LogP contribution in [0.4, 0.5) is 20.4 Å². The third-order valence-corrected chi connectivity index (χ3v) is 11.3. The predicted molar refractivity (Wildman–Crippen MR) is 205 cm³/mol. The van der Waals surface area contributed by atoms with Crippen LogP contribution in [0, 0.1) is 30.4 Å². The van der Waals surface area contributed by atoms with Crippen LogP contribution in [0.3, 0.4) is 0 Å². The number of aromatic nitrogens is 5. The topological polar surface area (TPSA) is 67.0 Å². The molecule has 0 atom stereocenters. The molecule has 52 heavy (non-hydrogen) atoms. The van der Waals surface area contributed by atoms with Crippen LogP contribution in [0.5, 0.6) is 0 Å². The van der Waals surface area contributed by atoms with Gasteiger partial charge in [0.05, 0.1) is 22.9 Å². The molecular weight excluding hydrogens is 655 g/mol. The number of pyridine rings is 1. The molecule has 10 heteroatoms. The summed E-state index contributed by atoms with van der Waals surface area (Å²) >= 11 is 0. The third-order valence-electron chi connectivity index (χ3n) is 11.3. The smallest absolute Gasteiger partial charge is 0.208 e. The van der Waals surface area contributed by atoms with E-state index >= 15 is 0 Å². The second-order valence-corrected chi connectivity index (χ2v) is 15.0. The van der Waals surface area contributed by atoms with Crippen LogP contribution in [0.2, 0.25) is 0 Å². The van der Waals surface area contributed by atoms with Gasteiger partial charge in [-0.2, -0.15) is 5.10 Å². The number of nitrogens with zero attached hydrogens (tertiary/aromatic N) is 7. The average molecular weight is 703 g/mol. The van der Waals surface area contributed by atoms with Crippen molar-refractivity contribution in [2.75, 3.05) is 36.4 Å². The quantitative estimate of drug-likeness (QED) is 0.198. The summed E-state index contributed by atoms with van der Waals surface area (Å²) in [5.41, 5.74) is 11.2. The van der Waals surface area contributed by atoms with Gasteiger partial charge in [0.15, 0.2) is 0 Å². The zero-order valence-electron chi connectivity index (χ0n) is 30.3. The lowest BCUT2D eigenvalue weighted by atomic mass is 9.87. The van der Waals surface area contributed by atoms with Crippen LogP contribution in [0.15, 0.2) is 73.6 Å². The largest absolute Gasteiger partial charge is 0.374 e. The molecule has 0 amide bonds. The first-order valence-corrected chi connectivity index (χ1v) is 18.8. The van der Waals surface area contributed by atoms with E-state index in [2.05, 4.69) is 68.3 Å². The molecule has 2 bridgehead atoms. The number of likely N-dealkylation sites (tertiary alicyclic amines) is 1. The first-order chi connectivity index (χ1) is 25.2. The van der Waals surface area contributed by atoms with Crippen molar-refractivity contribution in [3.05, 3.63) is 108 Å². The van der Waals surface area contributed by atoms with Gasteiger partial charge in [-0.25, -0.2) is 13.8 Å². The fourth-order valence-electron chi connectivity index (χ4n) is 8.43. The van der Waals surface area contributed by atoms with Gasteiger partial charge in [0.25, 0.3) is 0 Å². The number of piperidine rings is 1. The van der Waals surface area contributed by atoms with Crippen molar-refractivity contribution >= 4 is 28.4 Å². The summed E-state index contributed by atoms with van der Waals surface area (Å²) in [5.74, 6) is 0.644. The first-order valence-electron chi connectivity index (χ1n) is 18.8. The summed E-state index contributed by atoms with van der Waals surface area (Å²) in [7, 11) is 2.02. The van der Waals surface area contributed by atoms with Crippen molar-refractivity contribution in [1.82, 2.24) is 29.2 Å². The molecule has 0 spiro atoms. The summed E-state index contributed by atoms with van der Waals surface area (Å²) in [4.78, 5) is 14.8. The van der Waals surface area contributed by atoms with Crippen LogP contribution in [0.25, 0.3) is 28.0 Å². The standard InChI is InChI=1S/C42H48F2N8/c1-27-17-33-21-39(46-27)37-24-45-49(4)40(37)9-7-5-6-8-14-52-41-23-36(10-11-38(41)48-42(52)47-28(33)2)50-15-12-32(13-16-50)29(3)51-25-31(26-51)18-30-19-34(43)22-35(44)20-30/h10-11,17,19-24,31-32H,2-3,5-9,12-16,18,25-26H2,1,4H3,(H,47,48). The molecule has 3 aliphatic heterocycles. The van der Waals surface area contributed by atoms with Gasteiger partial charge < -0.3 is 19.7 Å². The van der Waals surface area contributed by atoms with Gasteiger partial charge in [-0.05, 0) is 99.4 Å². The van der Waals surface area contributed by atoms with Gasteiger partial charge in [0, 0.05) is 91.4 Å². The molecular formula is C42H48F2N8. The van der Waals surface area contributed by atoms with Gasteiger partial charge in [-0.15, -0.1) is 0 Å². The number of hydrogen-bond acceptors (Lipinski definition) is 6. The Morgan fingerprint density at radius 3 is 2.48 bits per heavy atom. The maximum absolute atomic E-state index is 13.7. The number of imidazole rings is 1. The van der Waals surface area contributed by atoms with Crippen molar-refractivity contribution in [3.63, 3.8) is 0 Å². The Kier molecular flexibility index (Phi) is 9.32. The molecule has 1 N–H and O–H groups in total. The fraction of sp³-hybridized carbons (Fsp3) is 0.405. The van der Waals surface area contributed by atoms with E-state index in [1.807, 2.05) is 24.9 Å². The van der Waals surface area contributed by atoms with Crippen molar-refractivity contribution in [1.29, 1.82) is 0 Å². The summed E-state index contributed by atoms with van der Waals surface area (Å²) < 4.78 is 31.7. The second kappa shape index (κ2) is 14.2. The molecule has 5 aromatic rings. The van der Waals surface area contributed by atoms with Crippen molar-refractivity contribution < 1.29 is 8.78 Å². The van der Waals surface area contributed by atoms with E-state index in [-0.39, 0.29) is 0 Å². The number of hydrogen-bond donors (Lipinski definition) is 1. The maximum atomic E-state index is 13.7. The highest BCUT2D eigenvalue weighted by Crippen LogP contribution is 2.35. The van der Waals surface area contributed by atoms with Crippen molar-refractivity contribution in [2.24, 2.45) is 18.9 Å². The number of benzene rings is 2. The summed E-state index contributed by atoms with van der Waals surface area (Å²) in [6, 6.07) is 14.7. The average Bonchev–Trinajstić information content (AvgIpc) is 3.64. The number of anilines is 2. The van der Waals surface area contributed by atoms with Gasteiger partial charge >= 0.3 is 0 Å². The SMILES string of the molecule is C=C1Nc2nc3ccc(N4CCC(C(=C)N5CC(Cc6cc(F)cc(F)c6)C5)CC4)cc3n2CCCCCCc2c(cnn2C)-c2cc1cc(C)n2. The van der Waals surface area contributed by atoms with Crippen LogP contribution in [0.1, 0.15) is 61.0 Å². The molecule has 2 fully saturated rings. The fourth-order valence-corrected chi connectivity index (χ4v) is 8.43. The highest BCUT2D eigenvalue weighted by Gasteiger charge is 2.32. The molecule has 0 aliphatic carbocycles. The normalized spacial score (nSPS) is 17.6. The Morgan fingerprint density at radius 1 is 0.923 bits per heavy atom. The number of halogens is 2. The predicted octanol–water partition coefficient (Wildman–Crippen LogP) is 8.52. The minimum Gasteiger partial charge on any atom is -0.374 e. The van der Waals surface area contributed by atoms with E-state index in [1.54, 1.807) is 0 Å². The van der Waals surface area contributed by atoms with Crippen LogP contribution < -0.4 is 10.2 Å². The van der Waals surface area contributed by atoms with Gasteiger partial charge in [0.1, 0.15) is 11.6 Å². The Balaban J connectivity index is 0.955. The number of fused-ring (bicyclic) bond motifs is 7. The van der Waals surface area contributed by atoms with E-state index in [4.69, 9.17) is 9.97 Å². The maximum Gasteiger partial charge on any atom is 0.208 e. The van der Waals surface area contributed by atoms with Gasteiger partial charge in [0.2, 0.25) is 5.95 Å². The van der Waals surface area contributed by atoms with Crippen LogP contribution in [-0.2, 0) is 26.4 Å². The summed E-state index contributed by atoms with van der Waals surface area (Å²) in [6.45, 7) is 15.6. The molecule has 3 aromatic heterocycles. The molecule has 8 rings (SSSR count). The van der Waals surface area contributed by atoms with Crippen LogP contribution in [-0.4, -0.2) is 55.4 Å². The molecule has 2 saturated heterocycles.